The molecule has 0 aliphatic rings. The summed E-state index contributed by atoms with van der Waals surface area (Å²) in [4.78, 5) is 11.9. The van der Waals surface area contributed by atoms with Gasteiger partial charge in [-0.05, 0) is 19.1 Å². The Morgan fingerprint density at radius 2 is 2.18 bits per heavy atom. The van der Waals surface area contributed by atoms with Crippen LogP contribution < -0.4 is 5.32 Å². The number of hydrogen-bond donors (Lipinski definition) is 1. The lowest BCUT2D eigenvalue weighted by atomic mass is 10.2. The van der Waals surface area contributed by atoms with Crippen LogP contribution in [0.25, 0.3) is 10.9 Å². The summed E-state index contributed by atoms with van der Waals surface area (Å²) in [5.74, 6) is 0. The molecule has 0 saturated heterocycles. The predicted octanol–water partition coefficient (Wildman–Crippen LogP) is 2.24. The number of fused-ring (bicyclic) bond motifs is 1. The van der Waals surface area contributed by atoms with Crippen LogP contribution in [0.5, 0.6) is 0 Å². The third-order valence-electron chi connectivity index (χ3n) is 2.55. The van der Waals surface area contributed by atoms with E-state index in [0.29, 0.717) is 19.8 Å². The van der Waals surface area contributed by atoms with Crippen LogP contribution in [-0.2, 0) is 4.74 Å². The van der Waals surface area contributed by atoms with Crippen molar-refractivity contribution in [3.63, 3.8) is 0 Å². The predicted molar refractivity (Wildman–Crippen MR) is 67.2 cm³/mol. The van der Waals surface area contributed by atoms with Crippen molar-refractivity contribution in [1.29, 1.82) is 0 Å². The molecule has 1 aromatic carbocycles. The summed E-state index contributed by atoms with van der Waals surface area (Å²) < 4.78 is 6.78. The van der Waals surface area contributed by atoms with Crippen LogP contribution in [0.1, 0.15) is 6.92 Å². The van der Waals surface area contributed by atoms with E-state index >= 15 is 0 Å². The summed E-state index contributed by atoms with van der Waals surface area (Å²) in [5.41, 5.74) is 0.918. The highest BCUT2D eigenvalue weighted by Gasteiger charge is 2.06. The van der Waals surface area contributed by atoms with Gasteiger partial charge in [-0.25, -0.2) is 4.79 Å². The molecular formula is C13H16N2O2. The number of rotatable bonds is 4. The van der Waals surface area contributed by atoms with Gasteiger partial charge in [-0.15, -0.1) is 0 Å². The van der Waals surface area contributed by atoms with E-state index in [0.717, 1.165) is 10.9 Å². The van der Waals surface area contributed by atoms with Gasteiger partial charge in [-0.3, -0.25) is 4.57 Å². The molecule has 4 nitrogen and oxygen atoms in total. The number of carbonyl (C=O) groups is 1. The molecule has 0 bridgehead atoms. The summed E-state index contributed by atoms with van der Waals surface area (Å²) in [6, 6.07) is 9.60. The number of nitrogens with one attached hydrogen (secondary N) is 1. The first kappa shape index (κ1) is 11.7. The van der Waals surface area contributed by atoms with Crippen LogP contribution in [0.15, 0.2) is 36.5 Å². The zero-order valence-corrected chi connectivity index (χ0v) is 9.85. The Morgan fingerprint density at radius 3 is 3.00 bits per heavy atom. The maximum absolute atomic E-state index is 11.9. The minimum Gasteiger partial charge on any atom is -0.380 e. The van der Waals surface area contributed by atoms with Gasteiger partial charge in [-0.2, -0.15) is 0 Å². The Balaban J connectivity index is 2.04. The van der Waals surface area contributed by atoms with E-state index in [1.54, 1.807) is 10.8 Å². The van der Waals surface area contributed by atoms with Crippen molar-refractivity contribution in [3.05, 3.63) is 36.5 Å². The van der Waals surface area contributed by atoms with E-state index in [9.17, 15) is 4.79 Å². The minimum absolute atomic E-state index is 0.120. The first-order valence-electron chi connectivity index (χ1n) is 5.75. The number of para-hydroxylation sites is 1. The average Bonchev–Trinajstić information content (AvgIpc) is 2.78. The molecule has 0 saturated carbocycles. The van der Waals surface area contributed by atoms with E-state index in [2.05, 4.69) is 5.32 Å². The van der Waals surface area contributed by atoms with Gasteiger partial charge in [0.05, 0.1) is 12.1 Å². The van der Waals surface area contributed by atoms with Gasteiger partial charge < -0.3 is 10.1 Å². The molecule has 0 radical (unpaired) electrons. The highest BCUT2D eigenvalue weighted by Crippen LogP contribution is 2.14. The Morgan fingerprint density at radius 1 is 1.35 bits per heavy atom. The number of benzene rings is 1. The van der Waals surface area contributed by atoms with Crippen molar-refractivity contribution in [2.75, 3.05) is 19.8 Å². The summed E-state index contributed by atoms with van der Waals surface area (Å²) in [7, 11) is 0. The van der Waals surface area contributed by atoms with Crippen LogP contribution >= 0.6 is 0 Å². The number of carbonyl (C=O) groups excluding carboxylic acids is 1. The second-order valence-electron chi connectivity index (χ2n) is 3.67. The van der Waals surface area contributed by atoms with Gasteiger partial charge in [0.25, 0.3) is 0 Å². The summed E-state index contributed by atoms with van der Waals surface area (Å²) in [6.07, 6.45) is 1.78. The maximum Gasteiger partial charge on any atom is 0.326 e. The van der Waals surface area contributed by atoms with E-state index in [4.69, 9.17) is 4.74 Å². The lowest BCUT2D eigenvalue weighted by Crippen LogP contribution is -2.30. The van der Waals surface area contributed by atoms with Crippen molar-refractivity contribution in [2.24, 2.45) is 0 Å². The number of ether oxygens (including phenoxy) is 1. The molecule has 2 aromatic rings. The Hall–Kier alpha value is -1.81. The number of nitrogens with zero attached hydrogens (tertiary/aromatic N) is 1. The van der Waals surface area contributed by atoms with Gasteiger partial charge in [0.2, 0.25) is 0 Å². The van der Waals surface area contributed by atoms with Crippen LogP contribution in [0, 0.1) is 0 Å². The lowest BCUT2D eigenvalue weighted by molar-refractivity contribution is 0.149. The number of amides is 1. The second kappa shape index (κ2) is 5.50. The summed E-state index contributed by atoms with van der Waals surface area (Å²) in [6.45, 7) is 3.67. The molecular weight excluding hydrogens is 216 g/mol. The van der Waals surface area contributed by atoms with Gasteiger partial charge in [0.1, 0.15) is 0 Å². The van der Waals surface area contributed by atoms with Crippen molar-refractivity contribution < 1.29 is 9.53 Å². The normalized spacial score (nSPS) is 10.6. The lowest BCUT2D eigenvalue weighted by Gasteiger charge is -2.06. The Labute approximate surface area is 100 Å². The molecule has 0 fully saturated rings. The molecule has 0 aliphatic heterocycles. The smallest absolute Gasteiger partial charge is 0.326 e. The van der Waals surface area contributed by atoms with Crippen LogP contribution in [0.2, 0.25) is 0 Å². The molecule has 0 atom stereocenters. The second-order valence-corrected chi connectivity index (χ2v) is 3.67. The SMILES string of the molecule is CCOCCNC(=O)n1ccc2ccccc21. The fourth-order valence-electron chi connectivity index (χ4n) is 1.72. The third-order valence-corrected chi connectivity index (χ3v) is 2.55. The molecule has 1 N–H and O–H groups in total. The van der Waals surface area contributed by atoms with E-state index in [1.807, 2.05) is 37.3 Å². The maximum atomic E-state index is 11.9. The van der Waals surface area contributed by atoms with Crippen molar-refractivity contribution in [3.8, 4) is 0 Å². The van der Waals surface area contributed by atoms with E-state index < -0.39 is 0 Å². The molecule has 1 heterocycles. The topological polar surface area (TPSA) is 43.3 Å². The Bertz CT molecular complexity index is 505. The number of aromatic nitrogens is 1. The largest absolute Gasteiger partial charge is 0.380 e. The highest BCUT2D eigenvalue weighted by atomic mass is 16.5. The average molecular weight is 232 g/mol. The first-order chi connectivity index (χ1) is 8.33. The highest BCUT2D eigenvalue weighted by molar-refractivity contribution is 5.91. The van der Waals surface area contributed by atoms with Gasteiger partial charge in [0, 0.05) is 24.7 Å². The van der Waals surface area contributed by atoms with Crippen LogP contribution in [0.3, 0.4) is 0 Å². The minimum atomic E-state index is -0.120. The quantitative estimate of drug-likeness (QED) is 0.821. The zero-order valence-electron chi connectivity index (χ0n) is 9.85. The molecule has 0 unspecified atom stereocenters. The molecule has 0 aliphatic carbocycles. The van der Waals surface area contributed by atoms with Crippen molar-refractivity contribution in [1.82, 2.24) is 9.88 Å². The molecule has 4 heteroatoms. The van der Waals surface area contributed by atoms with Gasteiger partial charge >= 0.3 is 6.03 Å². The number of hydrogen-bond acceptors (Lipinski definition) is 2. The van der Waals surface area contributed by atoms with Crippen molar-refractivity contribution in [2.45, 2.75) is 6.92 Å². The summed E-state index contributed by atoms with van der Waals surface area (Å²) >= 11 is 0. The van der Waals surface area contributed by atoms with Crippen molar-refractivity contribution >= 4 is 16.9 Å². The molecule has 1 amide bonds. The fraction of sp³-hybridized carbons (Fsp3) is 0.308. The fourth-order valence-corrected chi connectivity index (χ4v) is 1.72. The van der Waals surface area contributed by atoms with E-state index in [-0.39, 0.29) is 6.03 Å². The first-order valence-corrected chi connectivity index (χ1v) is 5.75. The van der Waals surface area contributed by atoms with Gasteiger partial charge in [0.15, 0.2) is 0 Å². The Kier molecular flexibility index (Phi) is 3.77. The zero-order chi connectivity index (χ0) is 12.1. The van der Waals surface area contributed by atoms with Crippen LogP contribution in [0.4, 0.5) is 4.79 Å². The molecule has 0 spiro atoms. The monoisotopic (exact) mass is 232 g/mol. The molecule has 1 aromatic heterocycles. The molecule has 2 rings (SSSR count). The third kappa shape index (κ3) is 2.65. The molecule has 90 valence electrons. The van der Waals surface area contributed by atoms with Crippen LogP contribution in [-0.4, -0.2) is 30.4 Å². The van der Waals surface area contributed by atoms with E-state index in [1.165, 1.54) is 0 Å². The summed E-state index contributed by atoms with van der Waals surface area (Å²) in [5, 5.41) is 3.87. The molecule has 17 heavy (non-hydrogen) atoms. The standard InChI is InChI=1S/C13H16N2O2/c1-2-17-10-8-14-13(16)15-9-7-11-5-3-4-6-12(11)15/h3-7,9H,2,8,10H2,1H3,(H,14,16). The van der Waals surface area contributed by atoms with Gasteiger partial charge in [-0.1, -0.05) is 18.2 Å².